The predicted molar refractivity (Wildman–Crippen MR) is 135 cm³/mol. The van der Waals surface area contributed by atoms with E-state index in [4.69, 9.17) is 32.7 Å². The largest absolute Gasteiger partial charge is 0.449 e. The predicted octanol–water partition coefficient (Wildman–Crippen LogP) is 7.47. The Balaban J connectivity index is 1.56. The van der Waals surface area contributed by atoms with E-state index in [1.165, 1.54) is 42.5 Å². The number of benzene rings is 4. The Hall–Kier alpha value is -4.20. The van der Waals surface area contributed by atoms with Gasteiger partial charge in [0, 0.05) is 22.2 Å². The van der Waals surface area contributed by atoms with Gasteiger partial charge in [-0.3, -0.25) is 14.9 Å². The molecule has 0 unspecified atom stereocenters. The van der Waals surface area contributed by atoms with Gasteiger partial charge in [-0.05, 0) is 42.5 Å². The molecule has 1 atom stereocenters. The Morgan fingerprint density at radius 3 is 2.08 bits per heavy atom. The van der Waals surface area contributed by atoms with Gasteiger partial charge in [0.05, 0.1) is 15.5 Å². The van der Waals surface area contributed by atoms with E-state index in [0.29, 0.717) is 16.1 Å². The molecule has 0 N–H and O–H groups in total. The number of hydrogen-bond donors (Lipinski definition) is 0. The van der Waals surface area contributed by atoms with Gasteiger partial charge in [0.1, 0.15) is 5.75 Å². The molecule has 4 aromatic rings. The zero-order valence-corrected chi connectivity index (χ0v) is 20.0. The minimum atomic E-state index is -1.20. The number of hydrogen-bond acceptors (Lipinski definition) is 6. The van der Waals surface area contributed by atoms with Crippen molar-refractivity contribution in [1.82, 2.24) is 0 Å². The normalized spacial score (nSPS) is 11.4. The number of carbonyl (C=O) groups is 2. The number of ketones is 1. The summed E-state index contributed by atoms with van der Waals surface area (Å²) in [6.45, 7) is 0. The van der Waals surface area contributed by atoms with Gasteiger partial charge in [0.25, 0.3) is 0 Å². The summed E-state index contributed by atoms with van der Waals surface area (Å²) in [5.41, 5.74) is 0.704. The van der Waals surface area contributed by atoms with Crippen LogP contribution in [0, 0.1) is 10.1 Å². The molecule has 0 radical (unpaired) electrons. The lowest BCUT2D eigenvalue weighted by Gasteiger charge is -2.18. The molecule has 0 aliphatic carbocycles. The van der Waals surface area contributed by atoms with Gasteiger partial charge in [0.15, 0.2) is 6.10 Å². The number of ether oxygens (including phenoxy) is 2. The lowest BCUT2D eigenvalue weighted by molar-refractivity contribution is -0.385. The third kappa shape index (κ3) is 5.71. The van der Waals surface area contributed by atoms with Gasteiger partial charge in [-0.2, -0.15) is 0 Å². The number of para-hydroxylation sites is 1. The van der Waals surface area contributed by atoms with Crippen LogP contribution in [0.4, 0.5) is 5.69 Å². The first kappa shape index (κ1) is 24.9. The molecule has 0 saturated carbocycles. The van der Waals surface area contributed by atoms with Crippen LogP contribution in [0.3, 0.4) is 0 Å². The van der Waals surface area contributed by atoms with Crippen molar-refractivity contribution in [3.63, 3.8) is 0 Å². The van der Waals surface area contributed by atoms with Crippen LogP contribution in [-0.2, 0) is 4.74 Å². The SMILES string of the molecule is O=C(O[C@@H](C(=O)c1ccccc1)c1ccc(Cl)cc1)c1ccc(Oc2c(Cl)cccc2[N+](=O)[O-])cc1. The van der Waals surface area contributed by atoms with Crippen molar-refractivity contribution in [3.05, 3.63) is 134 Å². The molecular weight excluding hydrogens is 505 g/mol. The van der Waals surface area contributed by atoms with Crippen LogP contribution in [0.2, 0.25) is 10.0 Å². The van der Waals surface area contributed by atoms with Crippen molar-refractivity contribution in [2.45, 2.75) is 6.10 Å². The van der Waals surface area contributed by atoms with E-state index in [0.717, 1.165) is 0 Å². The zero-order chi connectivity index (χ0) is 25.7. The molecule has 0 spiro atoms. The molecule has 0 aliphatic heterocycles. The van der Waals surface area contributed by atoms with Crippen LogP contribution in [0.5, 0.6) is 11.5 Å². The van der Waals surface area contributed by atoms with Gasteiger partial charge < -0.3 is 9.47 Å². The first-order valence-corrected chi connectivity index (χ1v) is 11.4. The molecule has 0 aromatic heterocycles. The average Bonchev–Trinajstić information content (AvgIpc) is 2.89. The van der Waals surface area contributed by atoms with Crippen molar-refractivity contribution in [2.75, 3.05) is 0 Å². The average molecular weight is 522 g/mol. The third-order valence-corrected chi connectivity index (χ3v) is 5.70. The molecule has 7 nitrogen and oxygen atoms in total. The van der Waals surface area contributed by atoms with E-state index in [1.807, 2.05) is 0 Å². The van der Waals surface area contributed by atoms with Crippen LogP contribution < -0.4 is 4.74 Å². The molecule has 9 heteroatoms. The zero-order valence-electron chi connectivity index (χ0n) is 18.5. The Labute approximate surface area is 216 Å². The quantitative estimate of drug-likeness (QED) is 0.103. The van der Waals surface area contributed by atoms with E-state index in [-0.39, 0.29) is 27.8 Å². The van der Waals surface area contributed by atoms with Crippen molar-refractivity contribution in [2.24, 2.45) is 0 Å². The highest BCUT2D eigenvalue weighted by atomic mass is 35.5. The summed E-state index contributed by atoms with van der Waals surface area (Å²) in [4.78, 5) is 36.8. The molecule has 0 amide bonds. The fraction of sp³-hybridized carbons (Fsp3) is 0.0370. The first-order chi connectivity index (χ1) is 17.3. The minimum Gasteiger partial charge on any atom is -0.449 e. The maximum absolute atomic E-state index is 13.2. The number of nitro groups is 1. The molecule has 180 valence electrons. The summed E-state index contributed by atoms with van der Waals surface area (Å²) in [6, 6.07) is 24.9. The minimum absolute atomic E-state index is 0.0675. The molecule has 4 aromatic carbocycles. The van der Waals surface area contributed by atoms with Crippen LogP contribution >= 0.6 is 23.2 Å². The number of rotatable bonds is 8. The van der Waals surface area contributed by atoms with Crippen molar-refractivity contribution in [3.8, 4) is 11.5 Å². The molecule has 36 heavy (non-hydrogen) atoms. The summed E-state index contributed by atoms with van der Waals surface area (Å²) in [5, 5.41) is 11.8. The van der Waals surface area contributed by atoms with Crippen LogP contribution in [0.25, 0.3) is 0 Å². The molecule has 4 rings (SSSR count). The van der Waals surface area contributed by atoms with Crippen LogP contribution in [0.1, 0.15) is 32.4 Å². The topological polar surface area (TPSA) is 95.7 Å². The lowest BCUT2D eigenvalue weighted by atomic mass is 9.99. The highest BCUT2D eigenvalue weighted by Gasteiger charge is 2.27. The summed E-state index contributed by atoms with van der Waals surface area (Å²) < 4.78 is 11.2. The fourth-order valence-corrected chi connectivity index (χ4v) is 3.69. The van der Waals surface area contributed by atoms with E-state index in [1.54, 1.807) is 54.6 Å². The van der Waals surface area contributed by atoms with Gasteiger partial charge >= 0.3 is 11.7 Å². The number of nitro benzene ring substituents is 1. The second kappa shape index (κ2) is 11.0. The highest BCUT2D eigenvalue weighted by Crippen LogP contribution is 2.37. The number of Topliss-reactive ketones (excluding diaryl/α,β-unsaturated/α-hetero) is 1. The maximum Gasteiger partial charge on any atom is 0.339 e. The van der Waals surface area contributed by atoms with E-state index >= 15 is 0 Å². The van der Waals surface area contributed by atoms with Gasteiger partial charge in [0.2, 0.25) is 11.5 Å². The molecule has 0 aliphatic rings. The van der Waals surface area contributed by atoms with Crippen molar-refractivity contribution >= 4 is 40.6 Å². The molecule has 0 saturated heterocycles. The Kier molecular flexibility index (Phi) is 7.63. The maximum atomic E-state index is 13.2. The summed E-state index contributed by atoms with van der Waals surface area (Å²) in [5.74, 6) is -1.03. The van der Waals surface area contributed by atoms with Gasteiger partial charge in [-0.15, -0.1) is 0 Å². The summed E-state index contributed by atoms with van der Waals surface area (Å²) in [7, 11) is 0. The number of nitrogens with zero attached hydrogens (tertiary/aromatic N) is 1. The molecule has 0 heterocycles. The fourth-order valence-electron chi connectivity index (χ4n) is 3.36. The van der Waals surface area contributed by atoms with Crippen molar-refractivity contribution < 1.29 is 24.0 Å². The summed E-state index contributed by atoms with van der Waals surface area (Å²) >= 11 is 12.0. The number of halogens is 2. The van der Waals surface area contributed by atoms with E-state index < -0.39 is 22.8 Å². The second-order valence-electron chi connectivity index (χ2n) is 7.54. The Bertz CT molecular complexity index is 1410. The van der Waals surface area contributed by atoms with Crippen molar-refractivity contribution in [1.29, 1.82) is 0 Å². The number of carbonyl (C=O) groups excluding carboxylic acids is 2. The highest BCUT2D eigenvalue weighted by molar-refractivity contribution is 6.32. The Morgan fingerprint density at radius 2 is 1.44 bits per heavy atom. The second-order valence-corrected chi connectivity index (χ2v) is 8.38. The molecule has 0 bridgehead atoms. The van der Waals surface area contributed by atoms with E-state index in [2.05, 4.69) is 0 Å². The first-order valence-electron chi connectivity index (χ1n) is 10.6. The number of esters is 1. The van der Waals surface area contributed by atoms with Crippen LogP contribution in [-0.4, -0.2) is 16.7 Å². The Morgan fingerprint density at radius 1 is 0.778 bits per heavy atom. The lowest BCUT2D eigenvalue weighted by Crippen LogP contribution is -2.20. The van der Waals surface area contributed by atoms with Crippen LogP contribution in [0.15, 0.2) is 97.1 Å². The standard InChI is InChI=1S/C27H17Cl2NO6/c28-20-13-9-18(10-14-20)25(24(31)17-5-2-1-3-6-17)36-27(32)19-11-15-21(16-12-19)35-26-22(29)7-4-8-23(26)30(33)34/h1-16,25H/t25-/m1/s1. The van der Waals surface area contributed by atoms with Gasteiger partial charge in [-0.1, -0.05) is 71.7 Å². The van der Waals surface area contributed by atoms with Gasteiger partial charge in [-0.25, -0.2) is 4.79 Å². The smallest absolute Gasteiger partial charge is 0.339 e. The summed E-state index contributed by atoms with van der Waals surface area (Å²) in [6.07, 6.45) is -1.20. The molecule has 0 fully saturated rings. The molecular formula is C27H17Cl2NO6. The monoisotopic (exact) mass is 521 g/mol. The van der Waals surface area contributed by atoms with E-state index in [9.17, 15) is 19.7 Å². The third-order valence-electron chi connectivity index (χ3n) is 5.15.